The molecule has 166 valence electrons. The van der Waals surface area contributed by atoms with Crippen LogP contribution in [0, 0.1) is 10.8 Å². The van der Waals surface area contributed by atoms with Crippen LogP contribution in [0.15, 0.2) is 55.0 Å². The van der Waals surface area contributed by atoms with Crippen molar-refractivity contribution in [3.8, 4) is 0 Å². The van der Waals surface area contributed by atoms with Gasteiger partial charge in [-0.2, -0.15) is 0 Å². The number of nitrogens with one attached hydrogen (secondary N) is 2. The molecule has 2 fully saturated rings. The lowest BCUT2D eigenvalue weighted by atomic mass is 9.77. The van der Waals surface area contributed by atoms with Crippen LogP contribution in [-0.4, -0.2) is 48.3 Å². The van der Waals surface area contributed by atoms with Crippen molar-refractivity contribution in [1.29, 1.82) is 5.41 Å². The van der Waals surface area contributed by atoms with E-state index in [2.05, 4.69) is 27.3 Å². The molecule has 1 spiro atoms. The predicted molar refractivity (Wildman–Crippen MR) is 127 cm³/mol. The van der Waals surface area contributed by atoms with Gasteiger partial charge < -0.3 is 21.2 Å². The average Bonchev–Trinajstić information content (AvgIpc) is 2.80. The lowest BCUT2D eigenvalue weighted by Gasteiger charge is -2.47. The van der Waals surface area contributed by atoms with Crippen molar-refractivity contribution < 1.29 is 9.53 Å². The van der Waals surface area contributed by atoms with Crippen molar-refractivity contribution in [2.75, 3.05) is 31.6 Å². The average molecular weight is 432 g/mol. The summed E-state index contributed by atoms with van der Waals surface area (Å²) in [6.07, 6.45) is 11.4. The molecule has 0 saturated carbocycles. The van der Waals surface area contributed by atoms with E-state index in [0.29, 0.717) is 11.0 Å². The van der Waals surface area contributed by atoms with Gasteiger partial charge in [-0.25, -0.2) is 0 Å². The number of anilines is 1. The molecule has 2 aliphatic heterocycles. The fraction of sp³-hybridized carbons (Fsp3) is 0.320. The van der Waals surface area contributed by atoms with Gasteiger partial charge >= 0.3 is 0 Å². The zero-order valence-electron chi connectivity index (χ0n) is 18.1. The SMILES string of the molecule is N=C/C(=C\N)c1ccncc1/C=C/C(=O)Nc1ccc(CN2CCC3(CC2)COC3)cc1. The van der Waals surface area contributed by atoms with Crippen molar-refractivity contribution in [3.05, 3.63) is 71.7 Å². The number of hydrogen-bond acceptors (Lipinski definition) is 6. The Hall–Kier alpha value is -3.29. The molecule has 32 heavy (non-hydrogen) atoms. The number of pyridine rings is 1. The number of carbonyl (C=O) groups excluding carboxylic acids is 1. The van der Waals surface area contributed by atoms with E-state index in [1.54, 1.807) is 24.5 Å². The molecule has 0 unspecified atom stereocenters. The van der Waals surface area contributed by atoms with Crippen LogP contribution in [0.5, 0.6) is 0 Å². The van der Waals surface area contributed by atoms with Gasteiger partial charge in [0.1, 0.15) is 0 Å². The molecule has 1 aromatic carbocycles. The first-order chi connectivity index (χ1) is 15.6. The predicted octanol–water partition coefficient (Wildman–Crippen LogP) is 3.30. The summed E-state index contributed by atoms with van der Waals surface area (Å²) in [5.41, 5.74) is 10.1. The third-order valence-corrected chi connectivity index (χ3v) is 6.27. The van der Waals surface area contributed by atoms with Crippen molar-refractivity contribution in [2.24, 2.45) is 11.1 Å². The lowest BCUT2D eigenvalue weighted by Crippen LogP contribution is -2.50. The number of rotatable bonds is 7. The summed E-state index contributed by atoms with van der Waals surface area (Å²) in [5, 5.41) is 10.4. The highest BCUT2D eigenvalue weighted by Gasteiger charge is 2.40. The highest BCUT2D eigenvalue weighted by molar-refractivity contribution is 6.10. The van der Waals surface area contributed by atoms with E-state index in [1.165, 1.54) is 36.9 Å². The number of ether oxygens (including phenoxy) is 1. The van der Waals surface area contributed by atoms with Crippen LogP contribution < -0.4 is 11.1 Å². The largest absolute Gasteiger partial charge is 0.404 e. The van der Waals surface area contributed by atoms with E-state index >= 15 is 0 Å². The molecule has 2 aliphatic rings. The number of carbonyl (C=O) groups is 1. The Labute approximate surface area is 188 Å². The first-order valence-electron chi connectivity index (χ1n) is 10.9. The molecule has 4 N–H and O–H groups in total. The summed E-state index contributed by atoms with van der Waals surface area (Å²) >= 11 is 0. The van der Waals surface area contributed by atoms with Crippen molar-refractivity contribution in [3.63, 3.8) is 0 Å². The summed E-state index contributed by atoms with van der Waals surface area (Å²) in [7, 11) is 0. The van der Waals surface area contributed by atoms with Crippen LogP contribution in [0.25, 0.3) is 11.6 Å². The summed E-state index contributed by atoms with van der Waals surface area (Å²) in [6, 6.07) is 9.77. The number of likely N-dealkylation sites (tertiary alicyclic amines) is 1. The van der Waals surface area contributed by atoms with E-state index < -0.39 is 0 Å². The number of benzene rings is 1. The summed E-state index contributed by atoms with van der Waals surface area (Å²) in [4.78, 5) is 19.0. The maximum Gasteiger partial charge on any atom is 0.248 e. The van der Waals surface area contributed by atoms with Crippen molar-refractivity contribution in [2.45, 2.75) is 19.4 Å². The van der Waals surface area contributed by atoms with Gasteiger partial charge in [0.2, 0.25) is 5.91 Å². The minimum Gasteiger partial charge on any atom is -0.404 e. The van der Waals surface area contributed by atoms with Crippen LogP contribution in [0.4, 0.5) is 5.69 Å². The maximum absolute atomic E-state index is 12.4. The number of hydrogen-bond donors (Lipinski definition) is 3. The normalized spacial score (nSPS) is 18.4. The second kappa shape index (κ2) is 9.89. The number of aromatic nitrogens is 1. The fourth-order valence-corrected chi connectivity index (χ4v) is 4.18. The van der Waals surface area contributed by atoms with Gasteiger partial charge in [-0.3, -0.25) is 14.7 Å². The molecule has 7 heteroatoms. The molecular formula is C25H29N5O2. The standard InChI is InChI=1S/C25H29N5O2/c26-13-21(14-27)23-7-10-28-15-20(23)3-6-24(31)29-22-4-1-19(2-5-22)16-30-11-8-25(9-12-30)17-32-18-25/h1-7,10,13-15,26H,8-9,11-12,16-18,27H2,(H,29,31)/b6-3+,21-14+,26-13?. The Bertz CT molecular complexity index is 1010. The molecule has 0 radical (unpaired) electrons. The molecule has 1 amide bonds. The minimum atomic E-state index is -0.232. The van der Waals surface area contributed by atoms with Gasteiger partial charge in [-0.15, -0.1) is 0 Å². The van der Waals surface area contributed by atoms with Crippen LogP contribution in [-0.2, 0) is 16.1 Å². The number of piperidine rings is 1. The van der Waals surface area contributed by atoms with Crippen molar-refractivity contribution >= 4 is 29.5 Å². The second-order valence-corrected chi connectivity index (χ2v) is 8.52. The number of nitrogens with zero attached hydrogens (tertiary/aromatic N) is 2. The van der Waals surface area contributed by atoms with Gasteiger partial charge in [0, 0.05) is 59.7 Å². The van der Waals surface area contributed by atoms with Crippen LogP contribution >= 0.6 is 0 Å². The van der Waals surface area contributed by atoms with Gasteiger partial charge in [0.25, 0.3) is 0 Å². The zero-order chi connectivity index (χ0) is 22.4. The fourth-order valence-electron chi connectivity index (χ4n) is 4.18. The molecule has 0 aliphatic carbocycles. The monoisotopic (exact) mass is 431 g/mol. The number of allylic oxidation sites excluding steroid dienone is 1. The van der Waals surface area contributed by atoms with Crippen LogP contribution in [0.2, 0.25) is 0 Å². The topological polar surface area (TPSA) is 104 Å². The first kappa shape index (κ1) is 21.9. The minimum absolute atomic E-state index is 0.232. The Morgan fingerprint density at radius 2 is 1.97 bits per heavy atom. The third-order valence-electron chi connectivity index (χ3n) is 6.27. The molecule has 2 saturated heterocycles. The molecule has 4 rings (SSSR count). The molecule has 3 heterocycles. The Kier molecular flexibility index (Phi) is 6.78. The summed E-state index contributed by atoms with van der Waals surface area (Å²) in [5.74, 6) is -0.232. The molecule has 2 aromatic rings. The van der Waals surface area contributed by atoms with Gasteiger partial charge in [-0.1, -0.05) is 12.1 Å². The van der Waals surface area contributed by atoms with E-state index in [0.717, 1.165) is 49.7 Å². The molecule has 0 bridgehead atoms. The van der Waals surface area contributed by atoms with E-state index in [9.17, 15) is 4.79 Å². The Morgan fingerprint density at radius 1 is 1.22 bits per heavy atom. The smallest absolute Gasteiger partial charge is 0.248 e. The summed E-state index contributed by atoms with van der Waals surface area (Å²) < 4.78 is 5.41. The molecular weight excluding hydrogens is 402 g/mol. The Balaban J connectivity index is 1.31. The first-order valence-corrected chi connectivity index (χ1v) is 10.9. The van der Waals surface area contributed by atoms with E-state index in [1.807, 2.05) is 12.1 Å². The third kappa shape index (κ3) is 5.12. The van der Waals surface area contributed by atoms with Gasteiger partial charge in [0.15, 0.2) is 0 Å². The molecule has 1 aromatic heterocycles. The zero-order valence-corrected chi connectivity index (χ0v) is 18.1. The second-order valence-electron chi connectivity index (χ2n) is 8.52. The highest BCUT2D eigenvalue weighted by Crippen LogP contribution is 2.38. The number of amides is 1. The van der Waals surface area contributed by atoms with Crippen LogP contribution in [0.3, 0.4) is 0 Å². The van der Waals surface area contributed by atoms with E-state index in [-0.39, 0.29) is 5.91 Å². The number of nitrogens with two attached hydrogens (primary N) is 1. The quantitative estimate of drug-likeness (QED) is 0.461. The van der Waals surface area contributed by atoms with Gasteiger partial charge in [0.05, 0.1) is 13.2 Å². The summed E-state index contributed by atoms with van der Waals surface area (Å²) in [6.45, 7) is 5.02. The highest BCUT2D eigenvalue weighted by atomic mass is 16.5. The Morgan fingerprint density at radius 3 is 2.59 bits per heavy atom. The van der Waals surface area contributed by atoms with E-state index in [4.69, 9.17) is 15.9 Å². The van der Waals surface area contributed by atoms with Crippen molar-refractivity contribution in [1.82, 2.24) is 9.88 Å². The molecule has 7 nitrogen and oxygen atoms in total. The van der Waals surface area contributed by atoms with Gasteiger partial charge in [-0.05, 0) is 61.3 Å². The van der Waals surface area contributed by atoms with Crippen LogP contribution in [0.1, 0.15) is 29.5 Å². The lowest BCUT2D eigenvalue weighted by molar-refractivity contribution is -0.140. The maximum atomic E-state index is 12.4. The molecule has 0 atom stereocenters.